The van der Waals surface area contributed by atoms with Crippen LogP contribution in [-0.2, 0) is 18.6 Å². The van der Waals surface area contributed by atoms with E-state index in [1.807, 2.05) is 12.1 Å². The summed E-state index contributed by atoms with van der Waals surface area (Å²) >= 11 is 7.09. The van der Waals surface area contributed by atoms with E-state index >= 15 is 0 Å². The van der Waals surface area contributed by atoms with E-state index in [9.17, 15) is 0 Å². The van der Waals surface area contributed by atoms with Gasteiger partial charge in [0.05, 0.1) is 33.8 Å². The van der Waals surface area contributed by atoms with Crippen LogP contribution in [0.2, 0.25) is 0 Å². The number of benzene rings is 8. The van der Waals surface area contributed by atoms with E-state index < -0.39 is 36.6 Å². The van der Waals surface area contributed by atoms with Crippen LogP contribution in [0.1, 0.15) is 55.4 Å². The molecule has 2 aliphatic rings. The van der Waals surface area contributed by atoms with Gasteiger partial charge in [-0.25, -0.2) is 0 Å². The van der Waals surface area contributed by atoms with Gasteiger partial charge in [0.1, 0.15) is 0 Å². The molecule has 352 valence electrons. The number of hydrogen-bond acceptors (Lipinski definition) is 6. The zero-order valence-electron chi connectivity index (χ0n) is 41.1. The van der Waals surface area contributed by atoms with Crippen LogP contribution < -0.4 is 20.7 Å². The molecule has 0 bridgehead atoms. The van der Waals surface area contributed by atoms with Crippen molar-refractivity contribution < 1.29 is 18.6 Å². The fraction of sp³-hybridized carbons (Fsp3) is 0.200. The molecule has 70 heavy (non-hydrogen) atoms. The number of rotatable bonds is 10. The first-order valence-electron chi connectivity index (χ1n) is 23.8. The molecule has 2 saturated heterocycles. The van der Waals surface area contributed by atoms with Crippen molar-refractivity contribution in [3.8, 4) is 22.3 Å². The minimum absolute atomic E-state index is 0.393. The van der Waals surface area contributed by atoms with Crippen LogP contribution in [0.3, 0.4) is 0 Å². The number of hydrogen-bond donors (Lipinski definition) is 0. The Hall–Kier alpha value is -5.71. The monoisotopic (exact) mass is 1050 g/mol. The van der Waals surface area contributed by atoms with E-state index in [0.29, 0.717) is 0 Å². The molecule has 0 radical (unpaired) electrons. The van der Waals surface area contributed by atoms with Gasteiger partial charge in [0.2, 0.25) is 0 Å². The van der Waals surface area contributed by atoms with Crippen LogP contribution in [0.4, 0.5) is 34.1 Å². The Bertz CT molecular complexity index is 2870. The summed E-state index contributed by atoms with van der Waals surface area (Å²) in [5.74, 6) is 0. The molecule has 0 amide bonds. The predicted molar refractivity (Wildman–Crippen MR) is 300 cm³/mol. The van der Waals surface area contributed by atoms with E-state index in [0.717, 1.165) is 65.1 Å². The molecule has 0 aliphatic carbocycles. The number of nitrogens with zero attached hydrogens (tertiary/aromatic N) is 2. The largest absolute Gasteiger partial charge is 0.494 e. The van der Waals surface area contributed by atoms with Gasteiger partial charge in [-0.3, -0.25) is 0 Å². The summed E-state index contributed by atoms with van der Waals surface area (Å²) in [5.41, 5.74) is 11.7. The van der Waals surface area contributed by atoms with Gasteiger partial charge in [0.25, 0.3) is 0 Å². The molecule has 0 atom stereocenters. The van der Waals surface area contributed by atoms with Crippen molar-refractivity contribution in [1.82, 2.24) is 0 Å². The van der Waals surface area contributed by atoms with Crippen LogP contribution in [0.5, 0.6) is 0 Å². The van der Waals surface area contributed by atoms with E-state index in [1.54, 1.807) is 0 Å². The van der Waals surface area contributed by atoms with E-state index in [2.05, 4.69) is 291 Å². The summed E-state index contributed by atoms with van der Waals surface area (Å²) < 4.78 is 27.4. The Balaban J connectivity index is 0.000000193. The summed E-state index contributed by atoms with van der Waals surface area (Å²) in [7, 11) is -0.827. The first-order chi connectivity index (χ1) is 33.5. The van der Waals surface area contributed by atoms with Gasteiger partial charge in [-0.05, 0) is 162 Å². The lowest BCUT2D eigenvalue weighted by Crippen LogP contribution is -2.41. The Morgan fingerprint density at radius 2 is 0.571 bits per heavy atom. The van der Waals surface area contributed by atoms with Gasteiger partial charge in [-0.1, -0.05) is 153 Å². The maximum absolute atomic E-state index is 6.33. The third-order valence-corrected chi connectivity index (χ3v) is 15.0. The Kier molecular flexibility index (Phi) is 14.2. The molecule has 6 nitrogen and oxygen atoms in total. The van der Waals surface area contributed by atoms with Gasteiger partial charge in [0, 0.05) is 42.8 Å². The molecule has 2 fully saturated rings. The summed E-state index contributed by atoms with van der Waals surface area (Å²) in [5, 5.41) is 0. The molecule has 10 heteroatoms. The highest BCUT2D eigenvalue weighted by Gasteiger charge is 2.52. The van der Waals surface area contributed by atoms with Crippen molar-refractivity contribution >= 4 is 91.1 Å². The van der Waals surface area contributed by atoms with Crippen molar-refractivity contribution in [3.05, 3.63) is 215 Å². The Morgan fingerprint density at radius 3 is 0.871 bits per heavy atom. The first-order valence-corrected chi connectivity index (χ1v) is 25.4. The summed E-state index contributed by atoms with van der Waals surface area (Å²) in [6.07, 6.45) is 0. The average molecular weight is 1050 g/mol. The van der Waals surface area contributed by atoms with Gasteiger partial charge in [0.15, 0.2) is 0 Å². The van der Waals surface area contributed by atoms with E-state index in [1.165, 1.54) is 11.1 Å². The zero-order valence-corrected chi connectivity index (χ0v) is 44.2. The van der Waals surface area contributed by atoms with Crippen LogP contribution in [0, 0.1) is 0 Å². The standard InChI is InChI=1S/C36H41B2NO4.C24H17Br2N/c1-33(2)34(3,4)41-37(40-33)27-18-22-29(23-19-27)39(32-17-13-12-16-31(32)26-14-10-9-11-15-26)30-24-20-28(21-25-30)38-42-35(5,6)36(7,8)43-38;25-19-10-14-21(15-11-19)27(22-16-12-20(26)13-17-22)24-9-5-4-8-23(24)18-6-2-1-3-7-18/h9-25H,1-8H3;1-17H. The molecule has 0 aromatic heterocycles. The van der Waals surface area contributed by atoms with Crippen molar-refractivity contribution in [1.29, 1.82) is 0 Å². The molecule has 8 aromatic rings. The van der Waals surface area contributed by atoms with Crippen molar-refractivity contribution in [3.63, 3.8) is 0 Å². The maximum Gasteiger partial charge on any atom is 0.494 e. The lowest BCUT2D eigenvalue weighted by molar-refractivity contribution is 0.00578. The van der Waals surface area contributed by atoms with Crippen molar-refractivity contribution in [2.75, 3.05) is 9.80 Å². The molecule has 8 aromatic carbocycles. The normalized spacial score (nSPS) is 16.3. The Morgan fingerprint density at radius 1 is 0.314 bits per heavy atom. The molecule has 2 heterocycles. The van der Waals surface area contributed by atoms with Crippen LogP contribution in [0.25, 0.3) is 22.3 Å². The topological polar surface area (TPSA) is 43.4 Å². The Labute approximate surface area is 432 Å². The highest BCUT2D eigenvalue weighted by molar-refractivity contribution is 9.10. The smallest absolute Gasteiger partial charge is 0.399 e. The first kappa shape index (κ1) is 49.3. The minimum atomic E-state index is -0.414. The SMILES string of the molecule is Brc1ccc(N(c2ccc(Br)cc2)c2ccccc2-c2ccccc2)cc1.CC1(C)OB(c2ccc(N(c3ccc(B4OC(C)(C)C(C)(C)O4)cc3)c3ccccc3-c3ccccc3)cc2)OC1(C)C. The molecule has 10 rings (SSSR count). The second kappa shape index (κ2) is 20.2. The quantitative estimate of drug-likeness (QED) is 0.127. The fourth-order valence-electron chi connectivity index (χ4n) is 8.62. The minimum Gasteiger partial charge on any atom is -0.399 e. The molecular formula is C60H58B2Br2N2O4. The van der Waals surface area contributed by atoms with Crippen LogP contribution in [0.15, 0.2) is 215 Å². The van der Waals surface area contributed by atoms with Crippen LogP contribution >= 0.6 is 31.9 Å². The molecular weight excluding hydrogens is 994 g/mol. The average Bonchev–Trinajstić information content (AvgIpc) is 3.73. The van der Waals surface area contributed by atoms with E-state index in [4.69, 9.17) is 18.6 Å². The fourth-order valence-corrected chi connectivity index (χ4v) is 9.14. The maximum atomic E-state index is 6.33. The number of halogens is 2. The lowest BCUT2D eigenvalue weighted by Gasteiger charge is -2.32. The van der Waals surface area contributed by atoms with Gasteiger partial charge in [-0.15, -0.1) is 0 Å². The second-order valence-electron chi connectivity index (χ2n) is 19.7. The highest BCUT2D eigenvalue weighted by Crippen LogP contribution is 2.44. The summed E-state index contributed by atoms with van der Waals surface area (Å²) in [6, 6.07) is 71.9. The molecule has 0 N–H and O–H groups in total. The third kappa shape index (κ3) is 10.4. The van der Waals surface area contributed by atoms with Crippen molar-refractivity contribution in [2.45, 2.75) is 77.8 Å². The second-order valence-corrected chi connectivity index (χ2v) is 21.6. The van der Waals surface area contributed by atoms with E-state index in [-0.39, 0.29) is 0 Å². The van der Waals surface area contributed by atoms with Gasteiger partial charge in [-0.2, -0.15) is 0 Å². The summed E-state index contributed by atoms with van der Waals surface area (Å²) in [6.45, 7) is 16.6. The highest BCUT2D eigenvalue weighted by atomic mass is 79.9. The molecule has 0 saturated carbocycles. The number of anilines is 6. The number of para-hydroxylation sites is 2. The third-order valence-electron chi connectivity index (χ3n) is 14.0. The van der Waals surface area contributed by atoms with Gasteiger partial charge >= 0.3 is 14.2 Å². The zero-order chi connectivity index (χ0) is 49.3. The molecule has 2 aliphatic heterocycles. The van der Waals surface area contributed by atoms with Crippen LogP contribution in [-0.4, -0.2) is 36.6 Å². The lowest BCUT2D eigenvalue weighted by atomic mass is 9.79. The molecule has 0 spiro atoms. The molecule has 0 unspecified atom stereocenters. The van der Waals surface area contributed by atoms with Crippen molar-refractivity contribution in [2.24, 2.45) is 0 Å². The predicted octanol–water partition coefficient (Wildman–Crippen LogP) is 15.8. The summed E-state index contributed by atoms with van der Waals surface area (Å²) in [4.78, 5) is 4.59. The van der Waals surface area contributed by atoms with Gasteiger partial charge < -0.3 is 28.4 Å².